The van der Waals surface area contributed by atoms with Crippen LogP contribution in [0.2, 0.25) is 0 Å². The minimum atomic E-state index is -0.569. The lowest BCUT2D eigenvalue weighted by molar-refractivity contribution is -0.144. The van der Waals surface area contributed by atoms with E-state index in [1.54, 1.807) is 0 Å². The maximum absolute atomic E-state index is 11.1. The molecule has 3 atom stereocenters. The summed E-state index contributed by atoms with van der Waals surface area (Å²) >= 11 is 0. The van der Waals surface area contributed by atoms with Gasteiger partial charge in [-0.3, -0.25) is 4.79 Å². The molecular weight excluding hydrogens is 170 g/mol. The molecule has 4 nitrogen and oxygen atoms in total. The van der Waals surface area contributed by atoms with Crippen LogP contribution in [0.5, 0.6) is 0 Å². The first kappa shape index (κ1) is 10.5. The average Bonchev–Trinajstić information content (AvgIpc) is 2.15. The molecule has 0 saturated heterocycles. The molecule has 1 unspecified atom stereocenters. The first-order chi connectivity index (χ1) is 6.15. The van der Waals surface area contributed by atoms with Crippen LogP contribution >= 0.6 is 0 Å². The second-order valence-electron chi connectivity index (χ2n) is 3.63. The van der Waals surface area contributed by atoms with Gasteiger partial charge in [0, 0.05) is 0 Å². The number of ether oxygens (including phenoxy) is 1. The molecule has 0 aromatic heterocycles. The third-order valence-electron chi connectivity index (χ3n) is 2.67. The fourth-order valence-corrected chi connectivity index (χ4v) is 1.86. The number of rotatable bonds is 2. The van der Waals surface area contributed by atoms with E-state index in [1.165, 1.54) is 7.11 Å². The van der Waals surface area contributed by atoms with Gasteiger partial charge in [-0.15, -0.1) is 0 Å². The van der Waals surface area contributed by atoms with Gasteiger partial charge >= 0.3 is 5.97 Å². The molecule has 0 aliphatic heterocycles. The molecule has 76 valence electrons. The quantitative estimate of drug-likeness (QED) is 0.598. The van der Waals surface area contributed by atoms with Crippen molar-refractivity contribution in [1.29, 1.82) is 0 Å². The number of nitrogens with two attached hydrogens (primary N) is 1. The highest BCUT2D eigenvalue weighted by Crippen LogP contribution is 2.26. The van der Waals surface area contributed by atoms with E-state index in [2.05, 4.69) is 4.74 Å². The van der Waals surface area contributed by atoms with Gasteiger partial charge in [0.2, 0.25) is 0 Å². The van der Waals surface area contributed by atoms with Crippen molar-refractivity contribution < 1.29 is 14.6 Å². The summed E-state index contributed by atoms with van der Waals surface area (Å²) in [6, 6.07) is -0.569. The predicted octanol–water partition coefficient (Wildman–Crippen LogP) is 0.0378. The van der Waals surface area contributed by atoms with Crippen molar-refractivity contribution >= 4 is 5.97 Å². The molecular formula is C9H17NO3. The van der Waals surface area contributed by atoms with Crippen molar-refractivity contribution in [2.75, 3.05) is 7.11 Å². The molecule has 1 aliphatic rings. The highest BCUT2D eigenvalue weighted by Gasteiger charge is 2.29. The Kier molecular flexibility index (Phi) is 3.69. The molecule has 4 heteroatoms. The Morgan fingerprint density at radius 3 is 2.85 bits per heavy atom. The molecule has 0 spiro atoms. The van der Waals surface area contributed by atoms with Crippen LogP contribution < -0.4 is 5.73 Å². The van der Waals surface area contributed by atoms with E-state index >= 15 is 0 Å². The summed E-state index contributed by atoms with van der Waals surface area (Å²) in [4.78, 5) is 11.1. The lowest BCUT2D eigenvalue weighted by atomic mass is 9.83. The summed E-state index contributed by atoms with van der Waals surface area (Å²) in [5.74, 6) is -0.296. The Labute approximate surface area is 78.1 Å². The van der Waals surface area contributed by atoms with Crippen molar-refractivity contribution in [3.8, 4) is 0 Å². The fraction of sp³-hybridized carbons (Fsp3) is 0.889. The highest BCUT2D eigenvalue weighted by molar-refractivity contribution is 5.75. The number of aliphatic hydroxyl groups is 1. The molecule has 3 N–H and O–H groups in total. The van der Waals surface area contributed by atoms with Crippen molar-refractivity contribution in [3.05, 3.63) is 0 Å². The summed E-state index contributed by atoms with van der Waals surface area (Å²) in [6.45, 7) is 0. The van der Waals surface area contributed by atoms with E-state index in [0.29, 0.717) is 6.42 Å². The van der Waals surface area contributed by atoms with Gasteiger partial charge in [-0.05, 0) is 25.2 Å². The Hall–Kier alpha value is -0.610. The topological polar surface area (TPSA) is 72.5 Å². The van der Waals surface area contributed by atoms with E-state index in [4.69, 9.17) is 5.73 Å². The number of methoxy groups -OCH3 is 1. The van der Waals surface area contributed by atoms with Gasteiger partial charge in [0.25, 0.3) is 0 Å². The van der Waals surface area contributed by atoms with Crippen LogP contribution in [-0.2, 0) is 9.53 Å². The number of carbonyl (C=O) groups is 1. The molecule has 1 fully saturated rings. The number of aliphatic hydroxyl groups excluding tert-OH is 1. The van der Waals surface area contributed by atoms with Crippen LogP contribution in [0, 0.1) is 5.92 Å². The van der Waals surface area contributed by atoms with Gasteiger partial charge in [0.1, 0.15) is 6.04 Å². The standard InChI is InChI=1S/C9H17NO3/c1-13-9(12)8(10)6-3-2-4-7(11)5-6/h6-8,11H,2-5,10H2,1H3/t6-,7?,8-/m0/s1. The van der Waals surface area contributed by atoms with Gasteiger partial charge in [-0.2, -0.15) is 0 Å². The summed E-state index contributed by atoms with van der Waals surface area (Å²) in [7, 11) is 1.33. The lowest BCUT2D eigenvalue weighted by Crippen LogP contribution is -2.41. The van der Waals surface area contributed by atoms with Gasteiger partial charge < -0.3 is 15.6 Å². The van der Waals surface area contributed by atoms with E-state index < -0.39 is 6.04 Å². The van der Waals surface area contributed by atoms with Crippen LogP contribution in [0.15, 0.2) is 0 Å². The molecule has 0 amide bonds. The largest absolute Gasteiger partial charge is 0.468 e. The third kappa shape index (κ3) is 2.67. The first-order valence-corrected chi connectivity index (χ1v) is 4.66. The van der Waals surface area contributed by atoms with Crippen LogP contribution in [-0.4, -0.2) is 30.3 Å². The second-order valence-corrected chi connectivity index (χ2v) is 3.63. The summed E-state index contributed by atoms with van der Waals surface area (Å²) in [5, 5.41) is 9.38. The molecule has 13 heavy (non-hydrogen) atoms. The normalized spacial score (nSPS) is 31.0. The SMILES string of the molecule is COC(=O)[C@@H](N)[C@H]1CCCC(O)C1. The van der Waals surface area contributed by atoms with Gasteiger partial charge in [0.15, 0.2) is 0 Å². The van der Waals surface area contributed by atoms with Crippen LogP contribution in [0.1, 0.15) is 25.7 Å². The van der Waals surface area contributed by atoms with Crippen molar-refractivity contribution in [2.24, 2.45) is 11.7 Å². The second kappa shape index (κ2) is 4.58. The Morgan fingerprint density at radius 1 is 1.62 bits per heavy atom. The molecule has 0 aromatic carbocycles. The molecule has 0 heterocycles. The van der Waals surface area contributed by atoms with Gasteiger partial charge in [-0.1, -0.05) is 6.42 Å². The Bertz CT molecular complexity index is 184. The summed E-state index contributed by atoms with van der Waals surface area (Å²) < 4.78 is 4.55. The zero-order valence-corrected chi connectivity index (χ0v) is 7.90. The number of hydrogen-bond donors (Lipinski definition) is 2. The maximum Gasteiger partial charge on any atom is 0.322 e. The summed E-state index contributed by atoms with van der Waals surface area (Å²) in [5.41, 5.74) is 5.68. The molecule has 0 bridgehead atoms. The van der Waals surface area contributed by atoms with E-state index in [9.17, 15) is 9.90 Å². The Morgan fingerprint density at radius 2 is 2.31 bits per heavy atom. The molecule has 0 radical (unpaired) electrons. The zero-order valence-electron chi connectivity index (χ0n) is 7.90. The fourth-order valence-electron chi connectivity index (χ4n) is 1.86. The summed E-state index contributed by atoms with van der Waals surface area (Å²) in [6.07, 6.45) is 3.00. The third-order valence-corrected chi connectivity index (χ3v) is 2.67. The average molecular weight is 187 g/mol. The smallest absolute Gasteiger partial charge is 0.322 e. The monoisotopic (exact) mass is 187 g/mol. The van der Waals surface area contributed by atoms with Gasteiger partial charge in [-0.25, -0.2) is 0 Å². The number of hydrogen-bond acceptors (Lipinski definition) is 4. The van der Waals surface area contributed by atoms with Gasteiger partial charge in [0.05, 0.1) is 13.2 Å². The van der Waals surface area contributed by atoms with Crippen LogP contribution in [0.4, 0.5) is 0 Å². The minimum absolute atomic E-state index is 0.0798. The lowest BCUT2D eigenvalue weighted by Gasteiger charge is -2.28. The number of carbonyl (C=O) groups excluding carboxylic acids is 1. The van der Waals surface area contributed by atoms with Crippen molar-refractivity contribution in [3.63, 3.8) is 0 Å². The number of esters is 1. The van der Waals surface area contributed by atoms with E-state index in [1.807, 2.05) is 0 Å². The maximum atomic E-state index is 11.1. The van der Waals surface area contributed by atoms with E-state index in [0.717, 1.165) is 19.3 Å². The molecule has 1 aliphatic carbocycles. The highest BCUT2D eigenvalue weighted by atomic mass is 16.5. The predicted molar refractivity (Wildman–Crippen MR) is 48.0 cm³/mol. The van der Waals surface area contributed by atoms with Crippen LogP contribution in [0.25, 0.3) is 0 Å². The Balaban J connectivity index is 2.45. The van der Waals surface area contributed by atoms with Crippen molar-refractivity contribution in [1.82, 2.24) is 0 Å². The first-order valence-electron chi connectivity index (χ1n) is 4.66. The van der Waals surface area contributed by atoms with Crippen LogP contribution in [0.3, 0.4) is 0 Å². The van der Waals surface area contributed by atoms with Crippen molar-refractivity contribution in [2.45, 2.75) is 37.8 Å². The zero-order chi connectivity index (χ0) is 9.84. The molecule has 1 saturated carbocycles. The molecule has 0 aromatic rings. The molecule has 1 rings (SSSR count). The van der Waals surface area contributed by atoms with E-state index in [-0.39, 0.29) is 18.0 Å². The minimum Gasteiger partial charge on any atom is -0.468 e.